The molecule has 2 saturated heterocycles. The van der Waals surface area contributed by atoms with Gasteiger partial charge in [0.1, 0.15) is 18.0 Å². The van der Waals surface area contributed by atoms with Gasteiger partial charge in [-0.15, -0.1) is 0 Å². The molecule has 1 amide bonds. The number of aromatic amines is 1. The number of para-hydroxylation sites is 2. The van der Waals surface area contributed by atoms with E-state index in [0.717, 1.165) is 57.8 Å². The third-order valence-corrected chi connectivity index (χ3v) is 5.73. The number of nitrogens with zero attached hydrogens (tertiary/aromatic N) is 2. The molecular formula is C21H27N4O3+. The molecule has 2 aliphatic rings. The van der Waals surface area contributed by atoms with E-state index in [1.807, 2.05) is 23.1 Å². The first-order chi connectivity index (χ1) is 13.6. The topological polar surface area (TPSA) is 81.1 Å². The van der Waals surface area contributed by atoms with Crippen LogP contribution < -0.4 is 9.80 Å². The van der Waals surface area contributed by atoms with Crippen LogP contribution in [0.2, 0.25) is 0 Å². The van der Waals surface area contributed by atoms with E-state index in [9.17, 15) is 14.7 Å². The van der Waals surface area contributed by atoms with Crippen molar-refractivity contribution in [3.8, 4) is 5.75 Å². The van der Waals surface area contributed by atoms with Crippen LogP contribution in [-0.4, -0.2) is 72.5 Å². The molecule has 1 aromatic carbocycles. The summed E-state index contributed by atoms with van der Waals surface area (Å²) in [5.74, 6) is 0.340. The summed E-state index contributed by atoms with van der Waals surface area (Å²) in [5.41, 5.74) is 1.94. The minimum absolute atomic E-state index is 0.0137. The summed E-state index contributed by atoms with van der Waals surface area (Å²) in [4.78, 5) is 33.3. The number of carbonyl (C=O) groups is 2. The number of phenolic OH excluding ortho intramolecular Hbond substituents is 1. The minimum Gasteiger partial charge on any atom is -0.506 e. The molecule has 3 heterocycles. The van der Waals surface area contributed by atoms with E-state index in [4.69, 9.17) is 0 Å². The molecular weight excluding hydrogens is 356 g/mol. The van der Waals surface area contributed by atoms with E-state index >= 15 is 0 Å². The van der Waals surface area contributed by atoms with Crippen LogP contribution >= 0.6 is 0 Å². The number of nitrogens with one attached hydrogen (secondary N) is 2. The summed E-state index contributed by atoms with van der Waals surface area (Å²) >= 11 is 0. The van der Waals surface area contributed by atoms with Crippen molar-refractivity contribution in [2.75, 3.05) is 50.7 Å². The van der Waals surface area contributed by atoms with E-state index < -0.39 is 0 Å². The number of likely N-dealkylation sites (tertiary alicyclic amines) is 1. The van der Waals surface area contributed by atoms with Crippen LogP contribution in [0.1, 0.15) is 33.7 Å². The molecule has 0 aliphatic carbocycles. The molecule has 3 N–H and O–H groups in total. The minimum atomic E-state index is -0.0137. The number of ketones is 1. The summed E-state index contributed by atoms with van der Waals surface area (Å²) in [6.45, 7) is 5.29. The van der Waals surface area contributed by atoms with Gasteiger partial charge in [-0.1, -0.05) is 12.1 Å². The largest absolute Gasteiger partial charge is 0.506 e. The van der Waals surface area contributed by atoms with Crippen LogP contribution in [0.15, 0.2) is 36.5 Å². The second-order valence-electron chi connectivity index (χ2n) is 7.63. The Morgan fingerprint density at radius 2 is 1.79 bits per heavy atom. The molecule has 1 aromatic heterocycles. The van der Waals surface area contributed by atoms with Crippen LogP contribution in [0, 0.1) is 0 Å². The van der Waals surface area contributed by atoms with Gasteiger partial charge >= 0.3 is 0 Å². The molecule has 0 bridgehead atoms. The van der Waals surface area contributed by atoms with Crippen LogP contribution in [0.25, 0.3) is 0 Å². The number of piperazine rings is 1. The third kappa shape index (κ3) is 3.89. The molecule has 2 aromatic rings. The lowest BCUT2D eigenvalue weighted by atomic mass is 10.1. The molecule has 148 valence electrons. The van der Waals surface area contributed by atoms with Gasteiger partial charge in [-0.25, -0.2) is 0 Å². The van der Waals surface area contributed by atoms with Gasteiger partial charge in [-0.05, 0) is 31.0 Å². The molecule has 4 rings (SSSR count). The number of hydrogen-bond donors (Lipinski definition) is 3. The standard InChI is InChI=1S/C21H26N4O3/c26-19-6-2-1-5-18(19)24-11-9-23(10-12-24)15-20(27)16-13-17(22-14-16)21(28)25-7-3-4-8-25/h1-2,5-6,13-14,22,26H,3-4,7-12,15H2/p+1. The summed E-state index contributed by atoms with van der Waals surface area (Å²) in [5, 5.41) is 10.0. The number of quaternary nitrogens is 1. The van der Waals surface area contributed by atoms with Gasteiger partial charge in [0.15, 0.2) is 0 Å². The zero-order valence-corrected chi connectivity index (χ0v) is 16.0. The van der Waals surface area contributed by atoms with Gasteiger partial charge in [0.05, 0.1) is 31.9 Å². The number of Topliss-reactive ketones (excluding diaryl/α,β-unsaturated/α-hetero) is 1. The number of benzene rings is 1. The van der Waals surface area contributed by atoms with E-state index in [0.29, 0.717) is 23.6 Å². The summed E-state index contributed by atoms with van der Waals surface area (Å²) in [6, 6.07) is 9.05. The van der Waals surface area contributed by atoms with Crippen molar-refractivity contribution in [2.24, 2.45) is 0 Å². The van der Waals surface area contributed by atoms with Crippen LogP contribution in [0.5, 0.6) is 5.75 Å². The van der Waals surface area contributed by atoms with Gasteiger partial charge in [-0.2, -0.15) is 0 Å². The second-order valence-corrected chi connectivity index (χ2v) is 7.63. The normalized spacial score (nSPS) is 17.9. The molecule has 0 radical (unpaired) electrons. The van der Waals surface area contributed by atoms with Crippen LogP contribution in [-0.2, 0) is 0 Å². The predicted octanol–water partition coefficient (Wildman–Crippen LogP) is 0.544. The van der Waals surface area contributed by atoms with Gasteiger partial charge in [0, 0.05) is 24.8 Å². The van der Waals surface area contributed by atoms with Crippen LogP contribution in [0.3, 0.4) is 0 Å². The summed E-state index contributed by atoms with van der Waals surface area (Å²) in [6.07, 6.45) is 3.76. The quantitative estimate of drug-likeness (QED) is 0.659. The monoisotopic (exact) mass is 383 g/mol. The maximum Gasteiger partial charge on any atom is 0.270 e. The first-order valence-corrected chi connectivity index (χ1v) is 9.99. The molecule has 0 unspecified atom stereocenters. The molecule has 0 spiro atoms. The Hall–Kier alpha value is -2.80. The van der Waals surface area contributed by atoms with Crippen molar-refractivity contribution in [1.82, 2.24) is 9.88 Å². The first-order valence-electron chi connectivity index (χ1n) is 9.99. The van der Waals surface area contributed by atoms with E-state index in [2.05, 4.69) is 9.88 Å². The van der Waals surface area contributed by atoms with Crippen molar-refractivity contribution >= 4 is 17.4 Å². The van der Waals surface area contributed by atoms with Crippen molar-refractivity contribution in [3.05, 3.63) is 47.8 Å². The Morgan fingerprint density at radius 3 is 2.50 bits per heavy atom. The zero-order chi connectivity index (χ0) is 19.5. The number of aromatic nitrogens is 1. The number of hydrogen-bond acceptors (Lipinski definition) is 4. The summed E-state index contributed by atoms with van der Waals surface area (Å²) in [7, 11) is 0. The van der Waals surface area contributed by atoms with E-state index in [1.54, 1.807) is 18.3 Å². The molecule has 0 saturated carbocycles. The number of anilines is 1. The van der Waals surface area contributed by atoms with E-state index in [1.165, 1.54) is 4.90 Å². The average molecular weight is 383 g/mol. The van der Waals surface area contributed by atoms with Crippen molar-refractivity contribution in [3.63, 3.8) is 0 Å². The number of H-pyrrole nitrogens is 1. The Labute approximate surface area is 164 Å². The third-order valence-electron chi connectivity index (χ3n) is 5.73. The van der Waals surface area contributed by atoms with Crippen LogP contribution in [0.4, 0.5) is 5.69 Å². The number of aromatic hydroxyl groups is 1. The average Bonchev–Trinajstić information content (AvgIpc) is 3.41. The van der Waals surface area contributed by atoms with Crippen molar-refractivity contribution in [2.45, 2.75) is 12.8 Å². The fourth-order valence-corrected chi connectivity index (χ4v) is 4.07. The molecule has 2 fully saturated rings. The highest BCUT2D eigenvalue weighted by atomic mass is 16.3. The fourth-order valence-electron chi connectivity index (χ4n) is 4.07. The lowest BCUT2D eigenvalue weighted by molar-refractivity contribution is -0.892. The van der Waals surface area contributed by atoms with Crippen molar-refractivity contribution in [1.29, 1.82) is 0 Å². The van der Waals surface area contributed by atoms with E-state index in [-0.39, 0.29) is 11.7 Å². The Kier molecular flexibility index (Phi) is 5.34. The number of phenols is 1. The van der Waals surface area contributed by atoms with Gasteiger partial charge in [-0.3, -0.25) is 9.59 Å². The fraction of sp³-hybridized carbons (Fsp3) is 0.429. The lowest BCUT2D eigenvalue weighted by Crippen LogP contribution is -3.15. The van der Waals surface area contributed by atoms with Gasteiger partial charge < -0.3 is 24.8 Å². The highest BCUT2D eigenvalue weighted by Gasteiger charge is 2.26. The zero-order valence-electron chi connectivity index (χ0n) is 16.0. The van der Waals surface area contributed by atoms with Crippen molar-refractivity contribution < 1.29 is 19.6 Å². The lowest BCUT2D eigenvalue weighted by Gasteiger charge is -2.33. The Bertz CT molecular complexity index is 849. The smallest absolute Gasteiger partial charge is 0.270 e. The van der Waals surface area contributed by atoms with Gasteiger partial charge in [0.2, 0.25) is 5.78 Å². The number of carbonyl (C=O) groups excluding carboxylic acids is 2. The maximum absolute atomic E-state index is 12.7. The SMILES string of the molecule is O=C(C[NH+]1CCN(c2ccccc2O)CC1)c1c[nH]c(C(=O)N2CCCC2)c1. The Morgan fingerprint density at radius 1 is 1.07 bits per heavy atom. The second kappa shape index (κ2) is 8.06. The number of amides is 1. The predicted molar refractivity (Wildman–Crippen MR) is 106 cm³/mol. The highest BCUT2D eigenvalue weighted by molar-refractivity contribution is 6.00. The molecule has 7 heteroatoms. The van der Waals surface area contributed by atoms with Gasteiger partial charge in [0.25, 0.3) is 5.91 Å². The first kappa shape index (κ1) is 18.6. The Balaban J connectivity index is 1.31. The maximum atomic E-state index is 12.7. The molecule has 7 nitrogen and oxygen atoms in total. The highest BCUT2D eigenvalue weighted by Crippen LogP contribution is 2.26. The molecule has 2 aliphatic heterocycles. The molecule has 0 atom stereocenters. The summed E-state index contributed by atoms with van der Waals surface area (Å²) < 4.78 is 0. The molecule has 28 heavy (non-hydrogen) atoms. The number of rotatable bonds is 5.